The number of hydrogen-bond donors (Lipinski definition) is 2. The molecule has 8 heteroatoms. The van der Waals surface area contributed by atoms with Crippen molar-refractivity contribution in [2.75, 3.05) is 6.73 Å². The van der Waals surface area contributed by atoms with Crippen LogP contribution in [0.5, 0.6) is 0 Å². The molecule has 0 radical (unpaired) electrons. The van der Waals surface area contributed by atoms with Gasteiger partial charge in [-0.1, -0.05) is 18.2 Å². The second-order valence-corrected chi connectivity index (χ2v) is 2.85. The Morgan fingerprint density at radius 1 is 1.44 bits per heavy atom. The van der Waals surface area contributed by atoms with Crippen molar-refractivity contribution in [2.24, 2.45) is 0 Å². The number of nitrogens with zero attached hydrogens (tertiary/aromatic N) is 1. The fraction of sp³-hybridized carbons (Fsp3) is 0.125. The molecule has 0 bridgehead atoms. The van der Waals surface area contributed by atoms with Crippen LogP contribution in [0.3, 0.4) is 0 Å². The lowest BCUT2D eigenvalue weighted by Crippen LogP contribution is -2.35. The zero-order valence-corrected chi connectivity index (χ0v) is 8.07. The first-order valence-corrected chi connectivity index (χ1v) is 4.26. The number of benzene rings is 1. The highest BCUT2D eigenvalue weighted by Crippen LogP contribution is 2.00. The van der Waals surface area contributed by atoms with Crippen LogP contribution in [0.15, 0.2) is 24.3 Å². The summed E-state index contributed by atoms with van der Waals surface area (Å²) >= 11 is 0. The standard InChI is InChI=1S/C8H8BNO6/c11-8(16-5-10(14)15)6-3-1-2-4-7(6)9(12)13/h1-4,12-13H,5H2. The molecule has 0 spiro atoms. The number of nitro groups is 1. The van der Waals surface area contributed by atoms with Gasteiger partial charge in [-0.25, -0.2) is 4.79 Å². The van der Waals surface area contributed by atoms with E-state index in [-0.39, 0.29) is 11.0 Å². The average molecular weight is 225 g/mol. The highest BCUT2D eigenvalue weighted by atomic mass is 16.7. The summed E-state index contributed by atoms with van der Waals surface area (Å²) in [6, 6.07) is 5.58. The van der Waals surface area contributed by atoms with Gasteiger partial charge in [0, 0.05) is 0 Å². The quantitative estimate of drug-likeness (QED) is 0.218. The molecule has 0 aromatic heterocycles. The van der Waals surface area contributed by atoms with Crippen LogP contribution in [0.4, 0.5) is 0 Å². The molecule has 0 fully saturated rings. The second-order valence-electron chi connectivity index (χ2n) is 2.85. The minimum absolute atomic E-state index is 0.0594. The summed E-state index contributed by atoms with van der Waals surface area (Å²) in [7, 11) is -1.83. The predicted octanol–water partition coefficient (Wildman–Crippen LogP) is -1.24. The molecule has 0 aliphatic carbocycles. The van der Waals surface area contributed by atoms with Gasteiger partial charge in [0.2, 0.25) is 0 Å². The molecule has 2 N–H and O–H groups in total. The lowest BCUT2D eigenvalue weighted by Gasteiger charge is -2.06. The van der Waals surface area contributed by atoms with Gasteiger partial charge in [-0.2, -0.15) is 0 Å². The molecular formula is C8H8BNO6. The summed E-state index contributed by atoms with van der Waals surface area (Å²) in [5, 5.41) is 27.9. The van der Waals surface area contributed by atoms with Crippen molar-refractivity contribution in [3.63, 3.8) is 0 Å². The fourth-order valence-electron chi connectivity index (χ4n) is 1.10. The van der Waals surface area contributed by atoms with Crippen molar-refractivity contribution in [2.45, 2.75) is 0 Å². The van der Waals surface area contributed by atoms with Gasteiger partial charge in [-0.15, -0.1) is 0 Å². The highest BCUT2D eigenvalue weighted by molar-refractivity contribution is 6.60. The zero-order valence-electron chi connectivity index (χ0n) is 8.07. The molecule has 1 aromatic rings. The first-order chi connectivity index (χ1) is 7.52. The van der Waals surface area contributed by atoms with Crippen LogP contribution in [0.1, 0.15) is 10.4 Å². The minimum Gasteiger partial charge on any atom is -0.423 e. The van der Waals surface area contributed by atoms with Crippen LogP contribution in [0.2, 0.25) is 0 Å². The Bertz CT molecular complexity index is 407. The maximum Gasteiger partial charge on any atom is 0.489 e. The van der Waals surface area contributed by atoms with E-state index in [1.54, 1.807) is 0 Å². The van der Waals surface area contributed by atoms with Crippen LogP contribution in [0, 0.1) is 10.1 Å². The SMILES string of the molecule is O=C(OC[N+](=O)[O-])c1ccccc1B(O)O. The monoisotopic (exact) mass is 225 g/mol. The Morgan fingerprint density at radius 3 is 2.62 bits per heavy atom. The molecule has 1 rings (SSSR count). The highest BCUT2D eigenvalue weighted by Gasteiger charge is 2.21. The Balaban J connectivity index is 2.86. The van der Waals surface area contributed by atoms with E-state index in [1.165, 1.54) is 24.3 Å². The van der Waals surface area contributed by atoms with Gasteiger partial charge >= 0.3 is 19.8 Å². The Kier molecular flexibility index (Phi) is 3.98. The van der Waals surface area contributed by atoms with E-state index in [0.29, 0.717) is 0 Å². The largest absolute Gasteiger partial charge is 0.489 e. The van der Waals surface area contributed by atoms with E-state index >= 15 is 0 Å². The maximum absolute atomic E-state index is 11.3. The molecule has 84 valence electrons. The van der Waals surface area contributed by atoms with Gasteiger partial charge in [-0.3, -0.25) is 10.1 Å². The van der Waals surface area contributed by atoms with Gasteiger partial charge in [-0.05, 0) is 11.5 Å². The molecule has 0 aliphatic rings. The lowest BCUT2D eigenvalue weighted by atomic mass is 9.77. The first kappa shape index (κ1) is 12.1. The van der Waals surface area contributed by atoms with Crippen molar-refractivity contribution < 1.29 is 24.5 Å². The average Bonchev–Trinajstić information content (AvgIpc) is 2.25. The number of ether oxygens (including phenoxy) is 1. The van der Waals surface area contributed by atoms with E-state index in [1.807, 2.05) is 0 Å². The molecule has 0 heterocycles. The van der Waals surface area contributed by atoms with E-state index < -0.39 is 24.7 Å². The smallest absolute Gasteiger partial charge is 0.423 e. The number of carbonyl (C=O) groups is 1. The van der Waals surface area contributed by atoms with Gasteiger partial charge < -0.3 is 14.8 Å². The molecule has 0 amide bonds. The van der Waals surface area contributed by atoms with Crippen molar-refractivity contribution in [1.82, 2.24) is 0 Å². The van der Waals surface area contributed by atoms with Crippen LogP contribution >= 0.6 is 0 Å². The summed E-state index contributed by atoms with van der Waals surface area (Å²) < 4.78 is 4.32. The molecule has 0 unspecified atom stereocenters. The molecule has 0 atom stereocenters. The second kappa shape index (κ2) is 5.24. The fourth-order valence-corrected chi connectivity index (χ4v) is 1.10. The van der Waals surface area contributed by atoms with Gasteiger partial charge in [0.15, 0.2) is 0 Å². The number of hydrogen-bond acceptors (Lipinski definition) is 6. The van der Waals surface area contributed by atoms with Crippen molar-refractivity contribution >= 4 is 18.6 Å². The third-order valence-corrected chi connectivity index (χ3v) is 1.76. The summed E-state index contributed by atoms with van der Waals surface area (Å²) in [4.78, 5) is 20.5. The first-order valence-electron chi connectivity index (χ1n) is 4.26. The van der Waals surface area contributed by atoms with Crippen LogP contribution in [-0.4, -0.2) is 34.8 Å². The van der Waals surface area contributed by atoms with Crippen LogP contribution in [-0.2, 0) is 4.74 Å². The maximum atomic E-state index is 11.3. The van der Waals surface area contributed by atoms with E-state index in [9.17, 15) is 14.9 Å². The number of esters is 1. The summed E-state index contributed by atoms with van der Waals surface area (Å²) in [5.41, 5.74) is -0.171. The topological polar surface area (TPSA) is 110 Å². The Morgan fingerprint density at radius 2 is 2.06 bits per heavy atom. The third kappa shape index (κ3) is 3.04. The van der Waals surface area contributed by atoms with E-state index in [2.05, 4.69) is 4.74 Å². The molecular weight excluding hydrogens is 217 g/mol. The summed E-state index contributed by atoms with van der Waals surface area (Å²) in [5.74, 6) is -0.972. The minimum atomic E-state index is -1.83. The molecule has 7 nitrogen and oxygen atoms in total. The molecule has 0 saturated heterocycles. The van der Waals surface area contributed by atoms with E-state index in [4.69, 9.17) is 10.0 Å². The Hall–Kier alpha value is -1.93. The number of rotatable bonds is 4. The van der Waals surface area contributed by atoms with Gasteiger partial charge in [0.05, 0.1) is 10.5 Å². The lowest BCUT2D eigenvalue weighted by molar-refractivity contribution is -0.517. The van der Waals surface area contributed by atoms with Crippen molar-refractivity contribution in [3.05, 3.63) is 39.9 Å². The molecule has 0 aliphatic heterocycles. The predicted molar refractivity (Wildman–Crippen MR) is 53.5 cm³/mol. The summed E-state index contributed by atoms with van der Waals surface area (Å²) in [6.45, 7) is -0.964. The molecule has 16 heavy (non-hydrogen) atoms. The molecule has 1 aromatic carbocycles. The van der Waals surface area contributed by atoms with Gasteiger partial charge in [0.25, 0.3) is 0 Å². The normalized spacial score (nSPS) is 9.62. The summed E-state index contributed by atoms with van der Waals surface area (Å²) in [6.07, 6.45) is 0. The van der Waals surface area contributed by atoms with Crippen molar-refractivity contribution in [1.29, 1.82) is 0 Å². The van der Waals surface area contributed by atoms with E-state index in [0.717, 1.165) is 0 Å². The number of carbonyl (C=O) groups excluding carboxylic acids is 1. The van der Waals surface area contributed by atoms with Crippen LogP contribution in [0.25, 0.3) is 0 Å². The van der Waals surface area contributed by atoms with Crippen LogP contribution < -0.4 is 5.46 Å². The van der Waals surface area contributed by atoms with Crippen molar-refractivity contribution in [3.8, 4) is 0 Å². The molecule has 0 saturated carbocycles. The van der Waals surface area contributed by atoms with Gasteiger partial charge in [0.1, 0.15) is 0 Å². The Labute approximate surface area is 90.6 Å². The third-order valence-electron chi connectivity index (χ3n) is 1.76. The zero-order chi connectivity index (χ0) is 12.1.